The van der Waals surface area contributed by atoms with Gasteiger partial charge in [0.2, 0.25) is 12.7 Å². The summed E-state index contributed by atoms with van der Waals surface area (Å²) < 4.78 is 51.5. The quantitative estimate of drug-likeness (QED) is 0.749. The summed E-state index contributed by atoms with van der Waals surface area (Å²) >= 11 is 0. The topological polar surface area (TPSA) is 88.2 Å². The van der Waals surface area contributed by atoms with Crippen LogP contribution in [0.25, 0.3) is 0 Å². The smallest absolute Gasteiger partial charge is 0.304 e. The molecular weight excluding hydrogens is 389 g/mol. The van der Waals surface area contributed by atoms with Gasteiger partial charge in [-0.1, -0.05) is 18.2 Å². The first-order valence-corrected chi connectivity index (χ1v) is 9.78. The Balaban J connectivity index is 1.73. The molecule has 0 spiro atoms. The number of carbonyl (C=O) groups excluding carboxylic acids is 1. The van der Waals surface area contributed by atoms with E-state index in [1.54, 1.807) is 18.2 Å². The molecule has 1 aliphatic rings. The van der Waals surface area contributed by atoms with Gasteiger partial charge >= 0.3 is 10.2 Å². The highest BCUT2D eigenvalue weighted by atomic mass is 32.2. The molecule has 1 N–H and O–H groups in total. The van der Waals surface area contributed by atoms with E-state index in [0.29, 0.717) is 11.5 Å². The molecular formula is C18H20FN3O5S. The van der Waals surface area contributed by atoms with E-state index in [9.17, 15) is 17.6 Å². The molecule has 0 unspecified atom stereocenters. The molecule has 2 aromatic rings. The van der Waals surface area contributed by atoms with Crippen LogP contribution < -0.4 is 19.1 Å². The Labute approximate surface area is 162 Å². The number of ether oxygens (including phenoxy) is 2. The lowest BCUT2D eigenvalue weighted by Crippen LogP contribution is -2.46. The van der Waals surface area contributed by atoms with Crippen LogP contribution >= 0.6 is 0 Å². The number of rotatable bonds is 7. The zero-order chi connectivity index (χ0) is 20.3. The van der Waals surface area contributed by atoms with E-state index >= 15 is 0 Å². The number of benzene rings is 2. The first kappa shape index (κ1) is 19.9. The molecule has 1 aliphatic heterocycles. The highest BCUT2D eigenvalue weighted by molar-refractivity contribution is 7.90. The molecule has 10 heteroatoms. The fourth-order valence-electron chi connectivity index (χ4n) is 2.58. The van der Waals surface area contributed by atoms with Gasteiger partial charge in [-0.25, -0.2) is 8.70 Å². The van der Waals surface area contributed by atoms with Gasteiger partial charge in [0.05, 0.1) is 5.69 Å². The molecule has 3 rings (SSSR count). The van der Waals surface area contributed by atoms with Crippen LogP contribution in [0.4, 0.5) is 10.1 Å². The van der Waals surface area contributed by atoms with E-state index in [1.165, 1.54) is 32.3 Å². The van der Waals surface area contributed by atoms with Crippen molar-refractivity contribution in [2.24, 2.45) is 0 Å². The average molecular weight is 409 g/mol. The van der Waals surface area contributed by atoms with Gasteiger partial charge in [-0.05, 0) is 29.8 Å². The van der Waals surface area contributed by atoms with Crippen molar-refractivity contribution in [3.63, 3.8) is 0 Å². The second-order valence-corrected chi connectivity index (χ2v) is 8.28. The number of hydrogen-bond donors (Lipinski definition) is 1. The SMILES string of the molecule is CN(C)S(=O)(=O)N(CC(=O)NCc1ccc2c(c1)OCO2)c1ccccc1F. The van der Waals surface area contributed by atoms with Crippen LogP contribution in [0.15, 0.2) is 42.5 Å². The monoisotopic (exact) mass is 409 g/mol. The number of amides is 1. The van der Waals surface area contributed by atoms with Gasteiger partial charge in [-0.2, -0.15) is 12.7 Å². The maximum absolute atomic E-state index is 14.2. The van der Waals surface area contributed by atoms with Crippen molar-refractivity contribution in [3.05, 3.63) is 53.8 Å². The molecule has 2 aromatic carbocycles. The molecule has 28 heavy (non-hydrogen) atoms. The van der Waals surface area contributed by atoms with Crippen LogP contribution in [0.1, 0.15) is 5.56 Å². The van der Waals surface area contributed by atoms with Crippen molar-refractivity contribution in [1.29, 1.82) is 0 Å². The van der Waals surface area contributed by atoms with Crippen LogP contribution in [0, 0.1) is 5.82 Å². The number of anilines is 1. The normalized spacial score (nSPS) is 12.9. The number of fused-ring (bicyclic) bond motifs is 1. The summed E-state index contributed by atoms with van der Waals surface area (Å²) in [5.41, 5.74) is 0.555. The van der Waals surface area contributed by atoms with Crippen LogP contribution in [0.2, 0.25) is 0 Å². The summed E-state index contributed by atoms with van der Waals surface area (Å²) in [5, 5.41) is 2.64. The standard InChI is InChI=1S/C18H20FN3O5S/c1-21(2)28(24,25)22(15-6-4-3-5-14(15)19)11-18(23)20-10-13-7-8-16-17(9-13)27-12-26-16/h3-9H,10-12H2,1-2H3,(H,20,23). The van der Waals surface area contributed by atoms with Gasteiger partial charge in [0.25, 0.3) is 0 Å². The Bertz CT molecular complexity index is 981. The maximum Gasteiger partial charge on any atom is 0.304 e. The lowest BCUT2D eigenvalue weighted by atomic mass is 10.2. The number of hydrogen-bond acceptors (Lipinski definition) is 5. The molecule has 0 bridgehead atoms. The van der Waals surface area contributed by atoms with Crippen molar-refractivity contribution in [2.45, 2.75) is 6.54 Å². The Morgan fingerprint density at radius 1 is 1.14 bits per heavy atom. The summed E-state index contributed by atoms with van der Waals surface area (Å²) in [5.74, 6) is -0.115. The second kappa shape index (κ2) is 8.03. The van der Waals surface area contributed by atoms with Gasteiger partial charge in [0.1, 0.15) is 12.4 Å². The third-order valence-corrected chi connectivity index (χ3v) is 5.88. The van der Waals surface area contributed by atoms with Gasteiger partial charge < -0.3 is 14.8 Å². The molecule has 0 aliphatic carbocycles. The van der Waals surface area contributed by atoms with E-state index in [4.69, 9.17) is 9.47 Å². The van der Waals surface area contributed by atoms with Crippen LogP contribution in [-0.4, -0.2) is 46.1 Å². The summed E-state index contributed by atoms with van der Waals surface area (Å²) in [4.78, 5) is 12.4. The molecule has 150 valence electrons. The number of para-hydroxylation sites is 1. The van der Waals surface area contributed by atoms with E-state index in [0.717, 1.165) is 20.2 Å². The molecule has 1 heterocycles. The minimum absolute atomic E-state index is 0.144. The second-order valence-electron chi connectivity index (χ2n) is 6.21. The number of nitrogens with zero attached hydrogens (tertiary/aromatic N) is 2. The van der Waals surface area contributed by atoms with Crippen molar-refractivity contribution in [2.75, 3.05) is 31.7 Å². The van der Waals surface area contributed by atoms with Crippen molar-refractivity contribution in [3.8, 4) is 11.5 Å². The van der Waals surface area contributed by atoms with E-state index in [-0.39, 0.29) is 19.0 Å². The zero-order valence-electron chi connectivity index (χ0n) is 15.4. The summed E-state index contributed by atoms with van der Waals surface area (Å²) in [6.07, 6.45) is 0. The Morgan fingerprint density at radius 2 is 1.86 bits per heavy atom. The molecule has 8 nitrogen and oxygen atoms in total. The van der Waals surface area contributed by atoms with Crippen molar-refractivity contribution < 1.29 is 27.1 Å². The summed E-state index contributed by atoms with van der Waals surface area (Å²) in [7, 11) is -1.44. The lowest BCUT2D eigenvalue weighted by molar-refractivity contribution is -0.119. The zero-order valence-corrected chi connectivity index (χ0v) is 16.2. The van der Waals surface area contributed by atoms with E-state index in [2.05, 4.69) is 5.32 Å². The van der Waals surface area contributed by atoms with Crippen molar-refractivity contribution >= 4 is 21.8 Å². The predicted octanol–water partition coefficient (Wildman–Crippen LogP) is 1.48. The van der Waals surface area contributed by atoms with Crippen molar-refractivity contribution in [1.82, 2.24) is 9.62 Å². The van der Waals surface area contributed by atoms with Crippen LogP contribution in [-0.2, 0) is 21.5 Å². The Morgan fingerprint density at radius 3 is 2.57 bits per heavy atom. The highest BCUT2D eigenvalue weighted by Gasteiger charge is 2.29. The molecule has 0 saturated heterocycles. The van der Waals surface area contributed by atoms with Gasteiger partial charge in [0, 0.05) is 20.6 Å². The lowest BCUT2D eigenvalue weighted by Gasteiger charge is -2.27. The maximum atomic E-state index is 14.2. The largest absolute Gasteiger partial charge is 0.454 e. The minimum Gasteiger partial charge on any atom is -0.454 e. The number of carbonyl (C=O) groups is 1. The first-order chi connectivity index (χ1) is 13.3. The molecule has 0 radical (unpaired) electrons. The molecule has 0 saturated carbocycles. The van der Waals surface area contributed by atoms with E-state index in [1.807, 2.05) is 0 Å². The Kier molecular flexibility index (Phi) is 5.71. The molecule has 0 fully saturated rings. The van der Waals surface area contributed by atoms with Gasteiger partial charge in [-0.15, -0.1) is 0 Å². The van der Waals surface area contributed by atoms with Gasteiger partial charge in [0.15, 0.2) is 11.5 Å². The van der Waals surface area contributed by atoms with Crippen LogP contribution in [0.5, 0.6) is 11.5 Å². The predicted molar refractivity (Wildman–Crippen MR) is 101 cm³/mol. The van der Waals surface area contributed by atoms with Gasteiger partial charge in [-0.3, -0.25) is 4.79 Å². The number of nitrogens with one attached hydrogen (secondary N) is 1. The molecule has 0 atom stereocenters. The third-order valence-electron chi connectivity index (χ3n) is 4.07. The first-order valence-electron chi connectivity index (χ1n) is 8.39. The minimum atomic E-state index is -4.07. The molecule has 1 amide bonds. The van der Waals surface area contributed by atoms with E-state index < -0.39 is 28.5 Å². The number of halogens is 1. The summed E-state index contributed by atoms with van der Waals surface area (Å²) in [6, 6.07) is 10.6. The average Bonchev–Trinajstić information content (AvgIpc) is 3.12. The molecule has 0 aromatic heterocycles. The highest BCUT2D eigenvalue weighted by Crippen LogP contribution is 2.32. The fourth-order valence-corrected chi connectivity index (χ4v) is 3.65. The third kappa shape index (κ3) is 4.18. The van der Waals surface area contributed by atoms with Crippen LogP contribution in [0.3, 0.4) is 0 Å². The fraction of sp³-hybridized carbons (Fsp3) is 0.278. The summed E-state index contributed by atoms with van der Waals surface area (Å²) in [6.45, 7) is -0.264. The Hall–Kier alpha value is -2.85.